The molecule has 0 fully saturated rings. The third-order valence-corrected chi connectivity index (χ3v) is 3.26. The molecule has 0 spiro atoms. The van der Waals surface area contributed by atoms with Crippen LogP contribution in [0, 0.1) is 0 Å². The summed E-state index contributed by atoms with van der Waals surface area (Å²) in [5, 5.41) is 3.46. The molecule has 0 amide bonds. The number of nitrogens with one attached hydrogen (secondary N) is 1. The van der Waals surface area contributed by atoms with Crippen LogP contribution in [0.2, 0.25) is 0 Å². The molecule has 0 bridgehead atoms. The van der Waals surface area contributed by atoms with Crippen molar-refractivity contribution < 1.29 is 4.74 Å². The summed E-state index contributed by atoms with van der Waals surface area (Å²) < 4.78 is 6.43. The lowest BCUT2D eigenvalue weighted by atomic mass is 10.2. The van der Waals surface area contributed by atoms with E-state index in [1.54, 1.807) is 7.11 Å². The number of unbranched alkanes of at least 4 members (excludes halogenated alkanes) is 1. The van der Waals surface area contributed by atoms with Crippen molar-refractivity contribution >= 4 is 15.9 Å². The number of methoxy groups -OCH3 is 1. The minimum Gasteiger partial charge on any atom is -0.496 e. The highest BCUT2D eigenvalue weighted by atomic mass is 79.9. The fourth-order valence-electron chi connectivity index (χ4n) is 1.79. The summed E-state index contributed by atoms with van der Waals surface area (Å²) in [5.74, 6) is 0.944. The molecule has 0 radical (unpaired) electrons. The molecular formula is C14H23BrN2O. The van der Waals surface area contributed by atoms with Gasteiger partial charge in [0.15, 0.2) is 0 Å². The molecule has 0 aliphatic rings. The summed E-state index contributed by atoms with van der Waals surface area (Å²) in [6, 6.07) is 6.10. The van der Waals surface area contributed by atoms with Gasteiger partial charge in [-0.3, -0.25) is 0 Å². The van der Waals surface area contributed by atoms with E-state index >= 15 is 0 Å². The summed E-state index contributed by atoms with van der Waals surface area (Å²) >= 11 is 3.49. The summed E-state index contributed by atoms with van der Waals surface area (Å²) in [6.45, 7) is 3.05. The smallest absolute Gasteiger partial charge is 0.123 e. The topological polar surface area (TPSA) is 24.5 Å². The molecule has 0 saturated heterocycles. The van der Waals surface area contributed by atoms with Crippen molar-refractivity contribution in [1.82, 2.24) is 10.2 Å². The van der Waals surface area contributed by atoms with Gasteiger partial charge in [0.1, 0.15) is 5.75 Å². The fourth-order valence-corrected chi connectivity index (χ4v) is 2.19. The molecule has 0 atom stereocenters. The second kappa shape index (κ2) is 8.51. The standard InChI is InChI=1S/C14H23BrN2O/c1-17(2)9-5-4-8-16-11-12-10-13(15)6-7-14(12)18-3/h6-7,10,16H,4-5,8-9,11H2,1-3H3. The Morgan fingerprint density at radius 1 is 1.28 bits per heavy atom. The van der Waals surface area contributed by atoms with Crippen LogP contribution in [-0.4, -0.2) is 39.2 Å². The van der Waals surface area contributed by atoms with Gasteiger partial charge < -0.3 is 15.0 Å². The van der Waals surface area contributed by atoms with E-state index in [0.29, 0.717) is 0 Å². The van der Waals surface area contributed by atoms with Crippen molar-refractivity contribution in [1.29, 1.82) is 0 Å². The first-order chi connectivity index (χ1) is 8.63. The number of hydrogen-bond acceptors (Lipinski definition) is 3. The first-order valence-corrected chi connectivity index (χ1v) is 7.10. The number of ether oxygens (including phenoxy) is 1. The van der Waals surface area contributed by atoms with Crippen LogP contribution in [0.25, 0.3) is 0 Å². The zero-order valence-corrected chi connectivity index (χ0v) is 13.1. The highest BCUT2D eigenvalue weighted by molar-refractivity contribution is 9.10. The number of hydrogen-bond donors (Lipinski definition) is 1. The molecule has 0 saturated carbocycles. The lowest BCUT2D eigenvalue weighted by Gasteiger charge is -2.11. The average molecular weight is 315 g/mol. The van der Waals surface area contributed by atoms with E-state index in [9.17, 15) is 0 Å². The highest BCUT2D eigenvalue weighted by Gasteiger charge is 2.02. The maximum absolute atomic E-state index is 5.34. The van der Waals surface area contributed by atoms with Crippen molar-refractivity contribution in [3.8, 4) is 5.75 Å². The zero-order chi connectivity index (χ0) is 13.4. The molecule has 0 aliphatic carbocycles. The first kappa shape index (κ1) is 15.5. The molecule has 1 aromatic carbocycles. The van der Waals surface area contributed by atoms with Gasteiger partial charge in [-0.15, -0.1) is 0 Å². The van der Waals surface area contributed by atoms with E-state index in [1.165, 1.54) is 18.4 Å². The van der Waals surface area contributed by atoms with Crippen molar-refractivity contribution in [3.63, 3.8) is 0 Å². The number of nitrogens with zero attached hydrogens (tertiary/aromatic N) is 1. The second-order valence-corrected chi connectivity index (χ2v) is 5.56. The second-order valence-electron chi connectivity index (χ2n) is 4.64. The van der Waals surface area contributed by atoms with E-state index in [-0.39, 0.29) is 0 Å². The molecular weight excluding hydrogens is 292 g/mol. The van der Waals surface area contributed by atoms with Crippen molar-refractivity contribution in [2.75, 3.05) is 34.3 Å². The van der Waals surface area contributed by atoms with E-state index in [2.05, 4.69) is 46.3 Å². The van der Waals surface area contributed by atoms with Crippen LogP contribution in [0.15, 0.2) is 22.7 Å². The quantitative estimate of drug-likeness (QED) is 0.747. The summed E-state index contributed by atoms with van der Waals surface area (Å²) in [5.41, 5.74) is 1.19. The van der Waals surface area contributed by atoms with Gasteiger partial charge in [-0.2, -0.15) is 0 Å². The molecule has 1 N–H and O–H groups in total. The first-order valence-electron chi connectivity index (χ1n) is 6.31. The molecule has 1 aromatic rings. The Morgan fingerprint density at radius 2 is 2.06 bits per heavy atom. The average Bonchev–Trinajstić information content (AvgIpc) is 2.33. The largest absolute Gasteiger partial charge is 0.496 e. The number of halogens is 1. The van der Waals surface area contributed by atoms with Gasteiger partial charge in [0, 0.05) is 16.6 Å². The van der Waals surface area contributed by atoms with Gasteiger partial charge in [0.05, 0.1) is 7.11 Å². The third kappa shape index (κ3) is 5.85. The van der Waals surface area contributed by atoms with Crippen LogP contribution >= 0.6 is 15.9 Å². The van der Waals surface area contributed by atoms with Crippen LogP contribution < -0.4 is 10.1 Å². The maximum Gasteiger partial charge on any atom is 0.123 e. The molecule has 3 nitrogen and oxygen atoms in total. The Balaban J connectivity index is 2.28. The van der Waals surface area contributed by atoms with E-state index < -0.39 is 0 Å². The van der Waals surface area contributed by atoms with Gasteiger partial charge in [0.2, 0.25) is 0 Å². The monoisotopic (exact) mass is 314 g/mol. The molecule has 102 valence electrons. The minimum atomic E-state index is 0.852. The van der Waals surface area contributed by atoms with Crippen LogP contribution in [0.1, 0.15) is 18.4 Å². The lowest BCUT2D eigenvalue weighted by Crippen LogP contribution is -2.18. The molecule has 4 heteroatoms. The van der Waals surface area contributed by atoms with Gasteiger partial charge in [-0.25, -0.2) is 0 Å². The van der Waals surface area contributed by atoms with Gasteiger partial charge in [-0.1, -0.05) is 15.9 Å². The molecule has 0 unspecified atom stereocenters. The summed E-state index contributed by atoms with van der Waals surface area (Å²) in [6.07, 6.45) is 2.43. The van der Waals surface area contributed by atoms with Crippen LogP contribution in [0.5, 0.6) is 5.75 Å². The van der Waals surface area contributed by atoms with Crippen molar-refractivity contribution in [2.45, 2.75) is 19.4 Å². The SMILES string of the molecule is COc1ccc(Br)cc1CNCCCCN(C)C. The predicted octanol–water partition coefficient (Wildman–Crippen LogP) is 2.89. The van der Waals surface area contributed by atoms with Crippen molar-refractivity contribution in [3.05, 3.63) is 28.2 Å². The Hall–Kier alpha value is -0.580. The molecule has 0 aliphatic heterocycles. The lowest BCUT2D eigenvalue weighted by molar-refractivity contribution is 0.390. The van der Waals surface area contributed by atoms with E-state index in [4.69, 9.17) is 4.74 Å². The van der Waals surface area contributed by atoms with E-state index in [1.807, 2.05) is 12.1 Å². The minimum absolute atomic E-state index is 0.852. The van der Waals surface area contributed by atoms with Crippen LogP contribution in [-0.2, 0) is 6.54 Å². The van der Waals surface area contributed by atoms with E-state index in [0.717, 1.165) is 29.9 Å². The third-order valence-electron chi connectivity index (χ3n) is 2.77. The highest BCUT2D eigenvalue weighted by Crippen LogP contribution is 2.22. The van der Waals surface area contributed by atoms with Crippen LogP contribution in [0.4, 0.5) is 0 Å². The Morgan fingerprint density at radius 3 is 2.72 bits per heavy atom. The Kier molecular flexibility index (Phi) is 7.32. The van der Waals surface area contributed by atoms with Gasteiger partial charge >= 0.3 is 0 Å². The predicted molar refractivity (Wildman–Crippen MR) is 80.2 cm³/mol. The summed E-state index contributed by atoms with van der Waals surface area (Å²) in [4.78, 5) is 2.22. The molecule has 1 rings (SSSR count). The Bertz CT molecular complexity index is 356. The number of benzene rings is 1. The molecule has 0 aromatic heterocycles. The fraction of sp³-hybridized carbons (Fsp3) is 0.571. The Labute approximate surface area is 119 Å². The van der Waals surface area contributed by atoms with Crippen molar-refractivity contribution in [2.24, 2.45) is 0 Å². The van der Waals surface area contributed by atoms with Gasteiger partial charge in [0.25, 0.3) is 0 Å². The summed E-state index contributed by atoms with van der Waals surface area (Å²) in [7, 11) is 5.93. The van der Waals surface area contributed by atoms with Gasteiger partial charge in [-0.05, 0) is 58.2 Å². The molecule has 0 heterocycles. The molecule has 18 heavy (non-hydrogen) atoms. The van der Waals surface area contributed by atoms with Crippen LogP contribution in [0.3, 0.4) is 0 Å². The zero-order valence-electron chi connectivity index (χ0n) is 11.5. The number of rotatable bonds is 8. The normalized spacial score (nSPS) is 10.9. The maximum atomic E-state index is 5.34.